The largest absolute Gasteiger partial charge is 0.493 e. The van der Waals surface area contributed by atoms with Crippen molar-refractivity contribution in [2.75, 3.05) is 26.6 Å². The number of benzene rings is 1. The number of Topliss-reactive ketones (excluding diaryl/α,β-unsaturated/α-hetero) is 1. The number of methoxy groups -OCH3 is 3. The first-order valence-corrected chi connectivity index (χ1v) is 11.0. The normalized spacial score (nSPS) is 19.3. The number of aromatic nitrogens is 4. The maximum atomic E-state index is 13.6. The third kappa shape index (κ3) is 3.91. The highest BCUT2D eigenvalue weighted by atomic mass is 19.4. The first-order chi connectivity index (χ1) is 17.2. The van der Waals surface area contributed by atoms with Gasteiger partial charge in [-0.25, -0.2) is 4.68 Å². The van der Waals surface area contributed by atoms with E-state index in [2.05, 4.69) is 20.4 Å². The number of anilines is 1. The minimum Gasteiger partial charge on any atom is -0.493 e. The molecule has 0 amide bonds. The fourth-order valence-corrected chi connectivity index (χ4v) is 4.76. The van der Waals surface area contributed by atoms with E-state index in [0.29, 0.717) is 40.5 Å². The van der Waals surface area contributed by atoms with Gasteiger partial charge < -0.3 is 19.5 Å². The Bertz CT molecular complexity index is 1330. The van der Waals surface area contributed by atoms with E-state index < -0.39 is 18.0 Å². The third-order valence-corrected chi connectivity index (χ3v) is 6.35. The van der Waals surface area contributed by atoms with Gasteiger partial charge in [0.15, 0.2) is 17.3 Å². The molecule has 2 aromatic heterocycles. The van der Waals surface area contributed by atoms with Gasteiger partial charge in [0.1, 0.15) is 6.04 Å². The van der Waals surface area contributed by atoms with Crippen LogP contribution in [0.15, 0.2) is 47.9 Å². The van der Waals surface area contributed by atoms with Crippen LogP contribution in [0.25, 0.3) is 0 Å². The van der Waals surface area contributed by atoms with Gasteiger partial charge >= 0.3 is 6.18 Å². The monoisotopic (exact) mass is 501 g/mol. The number of hydrogen-bond donors (Lipinski definition) is 1. The number of alkyl halides is 3. The van der Waals surface area contributed by atoms with E-state index in [1.165, 1.54) is 33.7 Å². The molecule has 0 spiro atoms. The van der Waals surface area contributed by atoms with Gasteiger partial charge in [0.25, 0.3) is 5.82 Å². The van der Waals surface area contributed by atoms with Crippen LogP contribution in [0, 0.1) is 0 Å². The predicted octanol–water partition coefficient (Wildman–Crippen LogP) is 4.13. The van der Waals surface area contributed by atoms with Crippen LogP contribution in [0.4, 0.5) is 19.1 Å². The number of rotatable bonds is 5. The zero-order valence-electron chi connectivity index (χ0n) is 19.6. The summed E-state index contributed by atoms with van der Waals surface area (Å²) in [5.74, 6) is -0.545. The molecule has 5 rings (SSSR count). The molecule has 3 aromatic rings. The molecule has 2 aliphatic rings. The van der Waals surface area contributed by atoms with Gasteiger partial charge in [0.05, 0.1) is 21.3 Å². The average molecular weight is 501 g/mol. The first-order valence-electron chi connectivity index (χ1n) is 11.0. The summed E-state index contributed by atoms with van der Waals surface area (Å²) in [5, 5.41) is 6.66. The lowest BCUT2D eigenvalue weighted by Gasteiger charge is -2.35. The number of nitrogens with one attached hydrogen (secondary N) is 1. The van der Waals surface area contributed by atoms with Gasteiger partial charge in [-0.05, 0) is 47.7 Å². The van der Waals surface area contributed by atoms with E-state index in [0.717, 1.165) is 10.2 Å². The van der Waals surface area contributed by atoms with Crippen molar-refractivity contribution in [3.8, 4) is 17.2 Å². The fourth-order valence-electron chi connectivity index (χ4n) is 4.76. The third-order valence-electron chi connectivity index (χ3n) is 6.35. The molecule has 9 nitrogen and oxygen atoms in total. The minimum absolute atomic E-state index is 0.0822. The van der Waals surface area contributed by atoms with Gasteiger partial charge in [-0.2, -0.15) is 18.2 Å². The topological polar surface area (TPSA) is 100 Å². The number of nitrogens with zero attached hydrogens (tertiary/aromatic N) is 4. The standard InChI is InChI=1S/C24H22F3N5O4/c1-34-17-10-14(11-18(35-2)21(17)36-3)13-8-15-19(16(33)9-13)20(12-4-6-28-7-5-12)32-23(29-15)30-22(31-32)24(25,26)27/h4-7,10-11,13,20H,8-9H2,1-3H3,(H,29,30,31). The SMILES string of the molecule is COc1cc(C2CC(=O)C3=C(C2)Nc2nc(C(F)(F)F)nn2C3c2ccncc2)cc(OC)c1OC. The van der Waals surface area contributed by atoms with Gasteiger partial charge in [-0.1, -0.05) is 0 Å². The number of carbonyl (C=O) groups is 1. The molecule has 1 aliphatic carbocycles. The van der Waals surface area contributed by atoms with Crippen molar-refractivity contribution in [1.82, 2.24) is 19.7 Å². The smallest absolute Gasteiger partial charge is 0.453 e. The molecule has 1 aliphatic heterocycles. The van der Waals surface area contributed by atoms with Crippen molar-refractivity contribution >= 4 is 11.7 Å². The van der Waals surface area contributed by atoms with Gasteiger partial charge in [-0.15, -0.1) is 5.10 Å². The maximum Gasteiger partial charge on any atom is 0.453 e. The Morgan fingerprint density at radius 3 is 2.25 bits per heavy atom. The zero-order chi connectivity index (χ0) is 25.6. The van der Waals surface area contributed by atoms with Crippen LogP contribution >= 0.6 is 0 Å². The number of hydrogen-bond acceptors (Lipinski definition) is 8. The summed E-state index contributed by atoms with van der Waals surface area (Å²) in [5.41, 5.74) is 2.21. The highest BCUT2D eigenvalue weighted by molar-refractivity contribution is 6.00. The number of pyridine rings is 1. The molecule has 0 fully saturated rings. The maximum absolute atomic E-state index is 13.6. The van der Waals surface area contributed by atoms with E-state index in [1.54, 1.807) is 24.3 Å². The van der Waals surface area contributed by atoms with Crippen LogP contribution in [0.3, 0.4) is 0 Å². The second-order valence-electron chi connectivity index (χ2n) is 8.39. The molecule has 12 heteroatoms. The molecule has 0 saturated carbocycles. The number of halogens is 3. The molecular weight excluding hydrogens is 479 g/mol. The van der Waals surface area contributed by atoms with Crippen molar-refractivity contribution in [3.63, 3.8) is 0 Å². The summed E-state index contributed by atoms with van der Waals surface area (Å²) < 4.78 is 57.7. The fraction of sp³-hybridized carbons (Fsp3) is 0.333. The van der Waals surface area contributed by atoms with E-state index >= 15 is 0 Å². The van der Waals surface area contributed by atoms with Crippen LogP contribution in [0.5, 0.6) is 17.2 Å². The Morgan fingerprint density at radius 1 is 1.00 bits per heavy atom. The first kappa shape index (κ1) is 23.6. The minimum atomic E-state index is -4.74. The molecule has 36 heavy (non-hydrogen) atoms. The zero-order valence-corrected chi connectivity index (χ0v) is 19.6. The van der Waals surface area contributed by atoms with Crippen LogP contribution in [0.2, 0.25) is 0 Å². The number of ketones is 1. The Hall–Kier alpha value is -4.09. The summed E-state index contributed by atoms with van der Waals surface area (Å²) in [6.45, 7) is 0. The van der Waals surface area contributed by atoms with Crippen LogP contribution in [0.1, 0.15) is 41.8 Å². The molecule has 188 valence electrons. The predicted molar refractivity (Wildman–Crippen MR) is 121 cm³/mol. The highest BCUT2D eigenvalue weighted by Gasteiger charge is 2.43. The Balaban J connectivity index is 1.60. The molecule has 2 unspecified atom stereocenters. The van der Waals surface area contributed by atoms with Crippen LogP contribution < -0.4 is 19.5 Å². The Morgan fingerprint density at radius 2 is 1.67 bits per heavy atom. The molecule has 1 aromatic carbocycles. The van der Waals surface area contributed by atoms with E-state index in [1.807, 2.05) is 0 Å². The van der Waals surface area contributed by atoms with Crippen LogP contribution in [-0.2, 0) is 11.0 Å². The molecular formula is C24H22F3N5O4. The number of allylic oxidation sites excluding steroid dienone is 2. The van der Waals surface area contributed by atoms with Crippen molar-refractivity contribution in [2.45, 2.75) is 31.0 Å². The van der Waals surface area contributed by atoms with Gasteiger partial charge in [-0.3, -0.25) is 9.78 Å². The summed E-state index contributed by atoms with van der Waals surface area (Å²) in [4.78, 5) is 21.2. The van der Waals surface area contributed by atoms with Crippen molar-refractivity contribution in [1.29, 1.82) is 0 Å². The number of carbonyl (C=O) groups excluding carboxylic acids is 1. The van der Waals surface area contributed by atoms with Gasteiger partial charge in [0, 0.05) is 30.1 Å². The van der Waals surface area contributed by atoms with Crippen molar-refractivity contribution in [2.24, 2.45) is 0 Å². The molecule has 0 saturated heterocycles. The summed E-state index contributed by atoms with van der Waals surface area (Å²) in [7, 11) is 4.50. The lowest BCUT2D eigenvalue weighted by molar-refractivity contribution is -0.145. The molecule has 0 bridgehead atoms. The lowest BCUT2D eigenvalue weighted by atomic mass is 9.78. The van der Waals surface area contributed by atoms with Crippen molar-refractivity contribution < 1.29 is 32.2 Å². The Labute approximate surface area is 203 Å². The molecule has 0 radical (unpaired) electrons. The summed E-state index contributed by atoms with van der Waals surface area (Å²) >= 11 is 0. The summed E-state index contributed by atoms with van der Waals surface area (Å²) in [6, 6.07) is 5.99. The number of fused-ring (bicyclic) bond motifs is 1. The Kier molecular flexibility index (Phi) is 5.81. The molecule has 3 heterocycles. The van der Waals surface area contributed by atoms with Gasteiger partial charge in [0.2, 0.25) is 11.7 Å². The van der Waals surface area contributed by atoms with E-state index in [-0.39, 0.29) is 24.1 Å². The van der Waals surface area contributed by atoms with Crippen molar-refractivity contribution in [3.05, 3.63) is 64.9 Å². The number of ether oxygens (including phenoxy) is 3. The van der Waals surface area contributed by atoms with Crippen LogP contribution in [-0.4, -0.2) is 46.9 Å². The van der Waals surface area contributed by atoms with E-state index in [4.69, 9.17) is 14.2 Å². The molecule has 1 N–H and O–H groups in total. The highest BCUT2D eigenvalue weighted by Crippen LogP contribution is 2.47. The quantitative estimate of drug-likeness (QED) is 0.557. The second kappa shape index (κ2) is 8.85. The average Bonchev–Trinajstić information content (AvgIpc) is 3.31. The summed E-state index contributed by atoms with van der Waals surface area (Å²) in [6.07, 6.45) is -1.21. The lowest BCUT2D eigenvalue weighted by Crippen LogP contribution is -2.33. The second-order valence-corrected chi connectivity index (χ2v) is 8.39. The molecule has 2 atom stereocenters. The van der Waals surface area contributed by atoms with E-state index in [9.17, 15) is 18.0 Å².